The molecule has 3 aromatic rings. The molecule has 32 heavy (non-hydrogen) atoms. The Morgan fingerprint density at radius 3 is 2.19 bits per heavy atom. The topological polar surface area (TPSA) is 77.8 Å². The van der Waals surface area contributed by atoms with Crippen molar-refractivity contribution in [2.24, 2.45) is 0 Å². The van der Waals surface area contributed by atoms with E-state index in [1.54, 1.807) is 74.9 Å². The molecule has 0 radical (unpaired) electrons. The van der Waals surface area contributed by atoms with Gasteiger partial charge in [-0.25, -0.2) is 4.79 Å². The second-order valence-electron chi connectivity index (χ2n) is 6.88. The van der Waals surface area contributed by atoms with Gasteiger partial charge in [-0.3, -0.25) is 0 Å². The molecule has 0 aliphatic heterocycles. The molecule has 0 atom stereocenters. The van der Waals surface area contributed by atoms with Gasteiger partial charge < -0.3 is 18.9 Å². The Kier molecular flexibility index (Phi) is 7.50. The fourth-order valence-corrected chi connectivity index (χ4v) is 2.92. The molecule has 0 unspecified atom stereocenters. The van der Waals surface area contributed by atoms with Gasteiger partial charge in [0.15, 0.2) is 18.1 Å². The van der Waals surface area contributed by atoms with Crippen LogP contribution in [0.1, 0.15) is 16.7 Å². The number of carbonyl (C=O) groups is 1. The number of nitrogens with zero attached hydrogens (tertiary/aromatic N) is 1. The molecule has 0 aliphatic carbocycles. The molecule has 3 rings (SSSR count). The van der Waals surface area contributed by atoms with Crippen LogP contribution in [0.4, 0.5) is 0 Å². The van der Waals surface area contributed by atoms with E-state index in [1.165, 1.54) is 0 Å². The molecule has 0 saturated carbocycles. The Labute approximate surface area is 187 Å². The number of hydrogen-bond acceptors (Lipinski definition) is 6. The molecule has 3 aromatic carbocycles. The van der Waals surface area contributed by atoms with Crippen LogP contribution in [-0.2, 0) is 4.79 Å². The van der Waals surface area contributed by atoms with Gasteiger partial charge >= 0.3 is 5.97 Å². The first-order valence-electron chi connectivity index (χ1n) is 9.87. The van der Waals surface area contributed by atoms with Gasteiger partial charge in [0.25, 0.3) is 0 Å². The average molecular weight is 429 g/mol. The summed E-state index contributed by atoms with van der Waals surface area (Å²) in [6.45, 7) is 1.78. The smallest absolute Gasteiger partial charge is 0.349 e. The van der Waals surface area contributed by atoms with Crippen LogP contribution in [0.2, 0.25) is 0 Å². The molecule has 162 valence electrons. The van der Waals surface area contributed by atoms with Gasteiger partial charge in [0.05, 0.1) is 25.9 Å². The number of benzene rings is 3. The van der Waals surface area contributed by atoms with Crippen LogP contribution >= 0.6 is 0 Å². The van der Waals surface area contributed by atoms with Crippen LogP contribution in [0.3, 0.4) is 0 Å². The Morgan fingerprint density at radius 1 is 0.906 bits per heavy atom. The van der Waals surface area contributed by atoms with E-state index in [4.69, 9.17) is 18.9 Å². The zero-order valence-corrected chi connectivity index (χ0v) is 18.1. The third kappa shape index (κ3) is 5.89. The lowest BCUT2D eigenvalue weighted by Gasteiger charge is -2.09. The van der Waals surface area contributed by atoms with E-state index in [0.29, 0.717) is 34.1 Å². The largest absolute Gasteiger partial charge is 0.493 e. The van der Waals surface area contributed by atoms with Crippen molar-refractivity contribution in [3.63, 3.8) is 0 Å². The number of esters is 1. The quantitative estimate of drug-likeness (QED) is 0.216. The zero-order chi connectivity index (χ0) is 22.9. The van der Waals surface area contributed by atoms with Gasteiger partial charge in [0.2, 0.25) is 0 Å². The lowest BCUT2D eigenvalue weighted by atomic mass is 10.0. The van der Waals surface area contributed by atoms with Crippen molar-refractivity contribution < 1.29 is 23.7 Å². The Bertz CT molecular complexity index is 1140. The van der Waals surface area contributed by atoms with E-state index >= 15 is 0 Å². The van der Waals surface area contributed by atoms with E-state index in [9.17, 15) is 10.1 Å². The summed E-state index contributed by atoms with van der Waals surface area (Å²) in [4.78, 5) is 12.0. The molecule has 6 heteroatoms. The summed E-state index contributed by atoms with van der Waals surface area (Å²) in [6, 6.07) is 21.8. The van der Waals surface area contributed by atoms with Crippen molar-refractivity contribution in [3.05, 3.63) is 83.4 Å². The third-order valence-corrected chi connectivity index (χ3v) is 4.62. The lowest BCUT2D eigenvalue weighted by molar-refractivity contribution is -0.136. The van der Waals surface area contributed by atoms with Crippen molar-refractivity contribution >= 4 is 17.6 Å². The maximum Gasteiger partial charge on any atom is 0.349 e. The predicted octanol–water partition coefficient (Wildman–Crippen LogP) is 5.06. The average Bonchev–Trinajstić information content (AvgIpc) is 2.82. The number of rotatable bonds is 8. The summed E-state index contributed by atoms with van der Waals surface area (Å²) < 4.78 is 21.3. The van der Waals surface area contributed by atoms with Crippen molar-refractivity contribution in [1.29, 1.82) is 5.26 Å². The highest BCUT2D eigenvalue weighted by atomic mass is 16.6. The van der Waals surface area contributed by atoms with Crippen molar-refractivity contribution in [2.45, 2.75) is 6.92 Å². The highest BCUT2D eigenvalue weighted by Gasteiger charge is 2.09. The van der Waals surface area contributed by atoms with Crippen LogP contribution in [0.25, 0.3) is 11.6 Å². The van der Waals surface area contributed by atoms with Crippen LogP contribution in [-0.4, -0.2) is 26.8 Å². The minimum Gasteiger partial charge on any atom is -0.493 e. The number of allylic oxidation sites excluding steroid dienone is 1. The standard InChI is InChI=1S/C26H23NO5/c1-18-4-9-22(10-5-18)31-17-26(28)32-23-11-6-19(7-12-23)14-21(16-27)20-8-13-24(29-2)25(15-20)30-3/h4-15H,17H2,1-3H3/b21-14-. The summed E-state index contributed by atoms with van der Waals surface area (Å²) >= 11 is 0. The molecule has 0 heterocycles. The van der Waals surface area contributed by atoms with Crippen molar-refractivity contribution in [3.8, 4) is 29.1 Å². The molecule has 0 N–H and O–H groups in total. The fraction of sp³-hybridized carbons (Fsp3) is 0.154. The molecule has 0 bridgehead atoms. The predicted molar refractivity (Wildman–Crippen MR) is 122 cm³/mol. The third-order valence-electron chi connectivity index (χ3n) is 4.62. The van der Waals surface area contributed by atoms with Gasteiger partial charge in [-0.05, 0) is 66.6 Å². The fourth-order valence-electron chi connectivity index (χ4n) is 2.92. The number of methoxy groups -OCH3 is 2. The first-order chi connectivity index (χ1) is 15.5. The molecule has 0 amide bonds. The first-order valence-corrected chi connectivity index (χ1v) is 9.87. The maximum absolute atomic E-state index is 12.0. The molecule has 0 fully saturated rings. The Balaban J connectivity index is 1.65. The van der Waals surface area contributed by atoms with E-state index in [0.717, 1.165) is 11.1 Å². The summed E-state index contributed by atoms with van der Waals surface area (Å²) in [5.74, 6) is 1.63. The number of aryl methyl sites for hydroxylation is 1. The van der Waals surface area contributed by atoms with Gasteiger partial charge in [0, 0.05) is 0 Å². The van der Waals surface area contributed by atoms with Gasteiger partial charge in [-0.15, -0.1) is 0 Å². The van der Waals surface area contributed by atoms with E-state index in [2.05, 4.69) is 6.07 Å². The molecule has 0 spiro atoms. The number of hydrogen-bond donors (Lipinski definition) is 0. The highest BCUT2D eigenvalue weighted by Crippen LogP contribution is 2.31. The Hall–Kier alpha value is -4.24. The van der Waals surface area contributed by atoms with Gasteiger partial charge in [-0.1, -0.05) is 29.8 Å². The molecule has 0 saturated heterocycles. The summed E-state index contributed by atoms with van der Waals surface area (Å²) in [6.07, 6.45) is 1.74. The SMILES string of the molecule is COc1ccc(/C(C#N)=C\c2ccc(OC(=O)COc3ccc(C)cc3)cc2)cc1OC. The number of nitriles is 1. The second kappa shape index (κ2) is 10.7. The summed E-state index contributed by atoms with van der Waals surface area (Å²) in [5.41, 5.74) is 3.06. The van der Waals surface area contributed by atoms with Crippen LogP contribution < -0.4 is 18.9 Å². The maximum atomic E-state index is 12.0. The molecular formula is C26H23NO5. The van der Waals surface area contributed by atoms with Crippen molar-refractivity contribution in [2.75, 3.05) is 20.8 Å². The lowest BCUT2D eigenvalue weighted by Crippen LogP contribution is -2.17. The van der Waals surface area contributed by atoms with E-state index in [-0.39, 0.29) is 6.61 Å². The van der Waals surface area contributed by atoms with Crippen LogP contribution in [0.15, 0.2) is 66.7 Å². The normalized spacial score (nSPS) is 10.8. The Morgan fingerprint density at radius 2 is 1.56 bits per heavy atom. The molecule has 0 aromatic heterocycles. The number of carbonyl (C=O) groups excluding carboxylic acids is 1. The zero-order valence-electron chi connectivity index (χ0n) is 18.1. The van der Waals surface area contributed by atoms with E-state index in [1.807, 2.05) is 19.1 Å². The van der Waals surface area contributed by atoms with Crippen LogP contribution in [0.5, 0.6) is 23.0 Å². The number of ether oxygens (including phenoxy) is 4. The molecule has 0 aliphatic rings. The second-order valence-corrected chi connectivity index (χ2v) is 6.88. The van der Waals surface area contributed by atoms with E-state index < -0.39 is 5.97 Å². The van der Waals surface area contributed by atoms with Crippen LogP contribution in [0, 0.1) is 18.3 Å². The van der Waals surface area contributed by atoms with Gasteiger partial charge in [-0.2, -0.15) is 5.26 Å². The summed E-state index contributed by atoms with van der Waals surface area (Å²) in [7, 11) is 3.10. The monoisotopic (exact) mass is 429 g/mol. The minimum absolute atomic E-state index is 0.192. The molecule has 6 nitrogen and oxygen atoms in total. The van der Waals surface area contributed by atoms with Gasteiger partial charge in [0.1, 0.15) is 11.5 Å². The summed E-state index contributed by atoms with van der Waals surface area (Å²) in [5, 5.41) is 9.60. The van der Waals surface area contributed by atoms with Crippen molar-refractivity contribution in [1.82, 2.24) is 0 Å². The minimum atomic E-state index is -0.503. The highest BCUT2D eigenvalue weighted by molar-refractivity contribution is 5.90. The molecular weight excluding hydrogens is 406 g/mol. The first kappa shape index (κ1) is 22.4.